The van der Waals surface area contributed by atoms with Gasteiger partial charge in [-0.15, -0.1) is 0 Å². The molecular formula is C30H41N5O5S. The topological polar surface area (TPSA) is 148 Å². The van der Waals surface area contributed by atoms with Crippen LogP contribution in [0.25, 0.3) is 0 Å². The summed E-state index contributed by atoms with van der Waals surface area (Å²) in [5.74, 6) is -0.876. The van der Waals surface area contributed by atoms with E-state index in [1.54, 1.807) is 32.9 Å². The zero-order chi connectivity index (χ0) is 29.9. The lowest BCUT2D eigenvalue weighted by atomic mass is 9.86. The number of piperidine rings is 1. The Morgan fingerprint density at radius 2 is 1.83 bits per heavy atom. The molecule has 0 unspecified atom stereocenters. The van der Waals surface area contributed by atoms with E-state index in [0.717, 1.165) is 18.4 Å². The van der Waals surface area contributed by atoms with Crippen molar-refractivity contribution in [1.82, 2.24) is 20.3 Å². The van der Waals surface area contributed by atoms with Crippen LogP contribution >= 0.6 is 0 Å². The van der Waals surface area contributed by atoms with Gasteiger partial charge in [0.1, 0.15) is 18.1 Å². The van der Waals surface area contributed by atoms with Crippen molar-refractivity contribution in [3.8, 4) is 6.07 Å². The third-order valence-electron chi connectivity index (χ3n) is 9.54. The molecule has 2 aliphatic carbocycles. The lowest BCUT2D eigenvalue weighted by Crippen LogP contribution is -2.59. The second kappa shape index (κ2) is 10.4. The Balaban J connectivity index is 1.35. The maximum atomic E-state index is 14.1. The minimum absolute atomic E-state index is 0.0931. The number of nitriles is 1. The van der Waals surface area contributed by atoms with E-state index in [9.17, 15) is 28.1 Å². The zero-order valence-corrected chi connectivity index (χ0v) is 25.3. The molecule has 0 spiro atoms. The average molecular weight is 584 g/mol. The molecule has 6 atom stereocenters. The van der Waals surface area contributed by atoms with Gasteiger partial charge in [0.05, 0.1) is 11.0 Å². The molecular weight excluding hydrogens is 542 g/mol. The van der Waals surface area contributed by atoms with E-state index in [1.807, 2.05) is 12.1 Å². The summed E-state index contributed by atoms with van der Waals surface area (Å²) in [7, 11) is -4.02. The van der Waals surface area contributed by atoms with Gasteiger partial charge in [0.25, 0.3) is 0 Å². The van der Waals surface area contributed by atoms with E-state index in [1.165, 1.54) is 4.90 Å². The molecule has 41 heavy (non-hydrogen) atoms. The first-order chi connectivity index (χ1) is 19.1. The van der Waals surface area contributed by atoms with Crippen molar-refractivity contribution in [1.29, 1.82) is 5.26 Å². The number of nitrogens with one attached hydrogen (secondary N) is 3. The summed E-state index contributed by atoms with van der Waals surface area (Å²) in [5, 5.41) is 15.3. The van der Waals surface area contributed by atoms with Gasteiger partial charge in [-0.25, -0.2) is 8.42 Å². The number of sulfonamides is 1. The second-order valence-corrected chi connectivity index (χ2v) is 15.6. The summed E-state index contributed by atoms with van der Waals surface area (Å²) in [5.41, 5.74) is 0.170. The van der Waals surface area contributed by atoms with E-state index in [4.69, 9.17) is 0 Å². The molecule has 0 radical (unpaired) electrons. The summed E-state index contributed by atoms with van der Waals surface area (Å²) in [6.07, 6.45) is 3.03. The summed E-state index contributed by atoms with van der Waals surface area (Å²) in [6, 6.07) is 6.11. The van der Waals surface area contributed by atoms with Gasteiger partial charge in [-0.1, -0.05) is 46.8 Å². The minimum Gasteiger partial charge on any atom is -0.356 e. The van der Waals surface area contributed by atoms with Crippen molar-refractivity contribution in [3.05, 3.63) is 29.8 Å². The number of hydrogen-bond acceptors (Lipinski definition) is 6. The third-order valence-corrected chi connectivity index (χ3v) is 11.0. The Morgan fingerprint density at radius 1 is 1.17 bits per heavy atom. The molecule has 3 N–H and O–H groups in total. The first-order valence-electron chi connectivity index (χ1n) is 14.6. The highest BCUT2D eigenvalue weighted by molar-refractivity contribution is 7.89. The maximum Gasteiger partial charge on any atom is 0.244 e. The smallest absolute Gasteiger partial charge is 0.244 e. The highest BCUT2D eigenvalue weighted by atomic mass is 32.2. The SMILES string of the molecule is CC(C)(C)[C@H](NS(=O)(=O)c1ccc(C2CC2)cc1)C(=O)N1C[C@H]2[C@@H]([C@H]1C(=O)N[C@H](C#N)C[C@@H]1CCNC1=O)C2(C)C. The molecule has 1 aromatic rings. The van der Waals surface area contributed by atoms with Crippen LogP contribution in [-0.2, 0) is 24.4 Å². The fourth-order valence-corrected chi connectivity index (χ4v) is 8.09. The van der Waals surface area contributed by atoms with Crippen LogP contribution in [0.3, 0.4) is 0 Å². The molecule has 0 aromatic heterocycles. The zero-order valence-electron chi connectivity index (χ0n) is 24.4. The van der Waals surface area contributed by atoms with Crippen LogP contribution in [0.15, 0.2) is 29.2 Å². The minimum atomic E-state index is -4.02. The number of nitrogens with zero attached hydrogens (tertiary/aromatic N) is 2. The normalized spacial score (nSPS) is 28.3. The lowest BCUT2D eigenvalue weighted by Gasteiger charge is -2.37. The summed E-state index contributed by atoms with van der Waals surface area (Å²) >= 11 is 0. The van der Waals surface area contributed by atoms with Crippen molar-refractivity contribution >= 4 is 27.7 Å². The van der Waals surface area contributed by atoms with Gasteiger partial charge in [-0.3, -0.25) is 14.4 Å². The Bertz CT molecular complexity index is 1370. The van der Waals surface area contributed by atoms with Crippen LogP contribution in [0.4, 0.5) is 0 Å². The molecule has 2 saturated heterocycles. The predicted octanol–water partition coefficient (Wildman–Crippen LogP) is 2.27. The Hall–Kier alpha value is -2.97. The van der Waals surface area contributed by atoms with Crippen molar-refractivity contribution in [2.24, 2.45) is 28.6 Å². The van der Waals surface area contributed by atoms with Gasteiger partial charge in [0.15, 0.2) is 0 Å². The van der Waals surface area contributed by atoms with Crippen molar-refractivity contribution in [2.75, 3.05) is 13.1 Å². The molecule has 2 saturated carbocycles. The van der Waals surface area contributed by atoms with E-state index in [-0.39, 0.29) is 40.4 Å². The number of hydrogen-bond donors (Lipinski definition) is 3. The van der Waals surface area contributed by atoms with Gasteiger partial charge in [-0.05, 0) is 72.0 Å². The number of carbonyl (C=O) groups is 3. The van der Waals surface area contributed by atoms with E-state index in [0.29, 0.717) is 25.4 Å². The maximum absolute atomic E-state index is 14.1. The van der Waals surface area contributed by atoms with Gasteiger partial charge >= 0.3 is 0 Å². The monoisotopic (exact) mass is 583 g/mol. The van der Waals surface area contributed by atoms with Crippen LogP contribution < -0.4 is 15.4 Å². The van der Waals surface area contributed by atoms with Crippen LogP contribution in [0.1, 0.15) is 71.8 Å². The highest BCUT2D eigenvalue weighted by Crippen LogP contribution is 2.65. The van der Waals surface area contributed by atoms with E-state index in [2.05, 4.69) is 35.3 Å². The number of fused-ring (bicyclic) bond motifs is 1. The molecule has 3 amide bonds. The Labute approximate surface area is 242 Å². The number of carbonyl (C=O) groups excluding carboxylic acids is 3. The molecule has 2 aliphatic heterocycles. The number of benzene rings is 1. The summed E-state index contributed by atoms with van der Waals surface area (Å²) in [6.45, 7) is 10.4. The molecule has 5 rings (SSSR count). The molecule has 2 heterocycles. The van der Waals surface area contributed by atoms with Crippen molar-refractivity contribution in [3.63, 3.8) is 0 Å². The quantitative estimate of drug-likeness (QED) is 0.406. The van der Waals surface area contributed by atoms with Crippen LogP contribution in [0.5, 0.6) is 0 Å². The number of likely N-dealkylation sites (tertiary alicyclic amines) is 1. The molecule has 222 valence electrons. The molecule has 0 bridgehead atoms. The Morgan fingerprint density at radius 3 is 2.37 bits per heavy atom. The van der Waals surface area contributed by atoms with Crippen molar-refractivity contribution in [2.45, 2.75) is 89.2 Å². The van der Waals surface area contributed by atoms with Crippen LogP contribution in [0, 0.1) is 39.9 Å². The summed E-state index contributed by atoms with van der Waals surface area (Å²) < 4.78 is 29.5. The average Bonchev–Trinajstić information content (AvgIpc) is 3.72. The lowest BCUT2D eigenvalue weighted by molar-refractivity contribution is -0.143. The standard InChI is InChI=1S/C30H41N5O5S/c1-29(2,3)25(34-41(39,40)21-10-8-18(9-11-21)17-6-7-17)28(38)35-16-22-23(30(22,4)5)24(35)27(37)33-20(15-31)14-19-12-13-32-26(19)36/h8-11,17,19-20,22-25,34H,6-7,12-14,16H2,1-5H3,(H,32,36)(H,33,37)/t19-,20-,22-,23-,24-,25+/m0/s1. The fourth-order valence-electron chi connectivity index (χ4n) is 6.69. The Kier molecular flexibility index (Phi) is 7.48. The van der Waals surface area contributed by atoms with Gasteiger partial charge < -0.3 is 15.5 Å². The first kappa shape index (κ1) is 29.5. The number of rotatable bonds is 9. The first-order valence-corrected chi connectivity index (χ1v) is 16.0. The van der Waals surface area contributed by atoms with Crippen LogP contribution in [0.2, 0.25) is 0 Å². The molecule has 4 aliphatic rings. The largest absolute Gasteiger partial charge is 0.356 e. The predicted molar refractivity (Wildman–Crippen MR) is 152 cm³/mol. The van der Waals surface area contributed by atoms with Crippen molar-refractivity contribution < 1.29 is 22.8 Å². The van der Waals surface area contributed by atoms with E-state index < -0.39 is 45.4 Å². The third kappa shape index (κ3) is 5.73. The number of amides is 3. The molecule has 4 fully saturated rings. The fraction of sp³-hybridized carbons (Fsp3) is 0.667. The summed E-state index contributed by atoms with van der Waals surface area (Å²) in [4.78, 5) is 41.4. The van der Waals surface area contributed by atoms with Gasteiger partial charge in [0, 0.05) is 19.0 Å². The van der Waals surface area contributed by atoms with Gasteiger partial charge in [-0.2, -0.15) is 9.98 Å². The molecule has 10 nitrogen and oxygen atoms in total. The van der Waals surface area contributed by atoms with E-state index >= 15 is 0 Å². The molecule has 1 aromatic carbocycles. The van der Waals surface area contributed by atoms with Gasteiger partial charge in [0.2, 0.25) is 27.7 Å². The van der Waals surface area contributed by atoms with Crippen LogP contribution in [-0.4, -0.2) is 62.3 Å². The molecule has 11 heteroatoms. The highest BCUT2D eigenvalue weighted by Gasteiger charge is 2.69. The second-order valence-electron chi connectivity index (χ2n) is 13.9.